The lowest BCUT2D eigenvalue weighted by Crippen LogP contribution is -2.34. The summed E-state index contributed by atoms with van der Waals surface area (Å²) in [6.07, 6.45) is -0.0985. The summed E-state index contributed by atoms with van der Waals surface area (Å²) in [5, 5.41) is 1.79. The van der Waals surface area contributed by atoms with E-state index in [1.165, 1.54) is 30.1 Å². The lowest BCUT2D eigenvalue weighted by Gasteiger charge is -2.17. The average molecular weight is 407 g/mol. The maximum Gasteiger partial charge on any atom is 0.242 e. The fourth-order valence-corrected chi connectivity index (χ4v) is 3.76. The first-order valence-electron chi connectivity index (χ1n) is 8.35. The van der Waals surface area contributed by atoms with Crippen LogP contribution < -0.4 is 5.32 Å². The average Bonchev–Trinajstić information content (AvgIpc) is 2.94. The maximum absolute atomic E-state index is 14.0. The number of carbonyl (C=O) groups is 2. The number of halogens is 3. The highest BCUT2D eigenvalue weighted by molar-refractivity contribution is 8.15. The molecule has 0 unspecified atom stereocenters. The van der Waals surface area contributed by atoms with Crippen molar-refractivity contribution in [3.63, 3.8) is 0 Å². The number of hydrogen-bond donors (Lipinski definition) is 1. The molecule has 146 valence electrons. The van der Waals surface area contributed by atoms with Crippen LogP contribution in [0.4, 0.5) is 18.9 Å². The minimum Gasteiger partial charge on any atom is -0.359 e. The zero-order valence-electron chi connectivity index (χ0n) is 14.8. The number of nitrogens with zero attached hydrogens (tertiary/aromatic N) is 2. The third kappa shape index (κ3) is 4.36. The molecule has 1 heterocycles. The van der Waals surface area contributed by atoms with E-state index in [1.54, 1.807) is 6.07 Å². The van der Waals surface area contributed by atoms with E-state index in [1.807, 2.05) is 0 Å². The Morgan fingerprint density at radius 2 is 1.93 bits per heavy atom. The predicted molar refractivity (Wildman–Crippen MR) is 100 cm³/mol. The smallest absolute Gasteiger partial charge is 0.242 e. The molecular formula is C19H16F3N3O2S. The quantitative estimate of drug-likeness (QED) is 0.827. The Kier molecular flexibility index (Phi) is 6.03. The lowest BCUT2D eigenvalue weighted by atomic mass is 10.2. The number of amides is 2. The van der Waals surface area contributed by atoms with Gasteiger partial charge in [-0.15, -0.1) is 0 Å². The topological polar surface area (TPSA) is 61.8 Å². The van der Waals surface area contributed by atoms with Crippen molar-refractivity contribution in [2.45, 2.75) is 18.2 Å². The van der Waals surface area contributed by atoms with Crippen LogP contribution in [0.5, 0.6) is 0 Å². The van der Waals surface area contributed by atoms with Crippen molar-refractivity contribution >= 4 is 34.4 Å². The van der Waals surface area contributed by atoms with Crippen LogP contribution in [0.25, 0.3) is 0 Å². The summed E-state index contributed by atoms with van der Waals surface area (Å²) in [5.41, 5.74) is 0.0974. The van der Waals surface area contributed by atoms with Crippen molar-refractivity contribution in [1.82, 2.24) is 10.2 Å². The molecule has 0 bridgehead atoms. The van der Waals surface area contributed by atoms with E-state index < -0.39 is 28.6 Å². The molecule has 2 aromatic rings. The molecule has 0 radical (unpaired) electrons. The maximum atomic E-state index is 14.0. The molecule has 1 fully saturated rings. The molecule has 2 aromatic carbocycles. The summed E-state index contributed by atoms with van der Waals surface area (Å²) < 4.78 is 41.2. The number of thioether (sulfide) groups is 1. The molecule has 0 aromatic heterocycles. The second-order valence-electron chi connectivity index (χ2n) is 5.99. The zero-order valence-corrected chi connectivity index (χ0v) is 15.6. The Bertz CT molecular complexity index is 952. The van der Waals surface area contributed by atoms with E-state index in [0.29, 0.717) is 6.07 Å². The molecule has 1 saturated heterocycles. The Morgan fingerprint density at radius 3 is 2.61 bits per heavy atom. The van der Waals surface area contributed by atoms with Gasteiger partial charge in [-0.2, -0.15) is 0 Å². The first-order valence-corrected chi connectivity index (χ1v) is 9.22. The minimum atomic E-state index is -0.888. The lowest BCUT2D eigenvalue weighted by molar-refractivity contribution is -0.129. The van der Waals surface area contributed by atoms with Gasteiger partial charge in [-0.05, 0) is 18.2 Å². The van der Waals surface area contributed by atoms with Gasteiger partial charge in [-0.1, -0.05) is 30.0 Å². The summed E-state index contributed by atoms with van der Waals surface area (Å²) in [5.74, 6) is -2.91. The van der Waals surface area contributed by atoms with Crippen LogP contribution in [0, 0.1) is 17.5 Å². The van der Waals surface area contributed by atoms with E-state index in [-0.39, 0.29) is 35.3 Å². The predicted octanol–water partition coefficient (Wildman–Crippen LogP) is 3.37. The van der Waals surface area contributed by atoms with Crippen LogP contribution in [0.1, 0.15) is 12.0 Å². The molecule has 9 heteroatoms. The summed E-state index contributed by atoms with van der Waals surface area (Å²) in [4.78, 5) is 29.8. The van der Waals surface area contributed by atoms with Gasteiger partial charge in [0.2, 0.25) is 11.8 Å². The van der Waals surface area contributed by atoms with Gasteiger partial charge >= 0.3 is 0 Å². The van der Waals surface area contributed by atoms with Gasteiger partial charge in [0.1, 0.15) is 22.6 Å². The van der Waals surface area contributed by atoms with Gasteiger partial charge in [-0.3, -0.25) is 14.5 Å². The third-order valence-electron chi connectivity index (χ3n) is 4.08. The van der Waals surface area contributed by atoms with E-state index in [2.05, 4.69) is 10.3 Å². The van der Waals surface area contributed by atoms with Gasteiger partial charge in [0.05, 0.1) is 6.54 Å². The SMILES string of the molecule is CNC(=O)C[C@H]1SC(=Nc2ccc(F)cc2F)N(Cc2ccccc2F)C1=O. The van der Waals surface area contributed by atoms with Gasteiger partial charge in [0, 0.05) is 25.1 Å². The Hall–Kier alpha value is -2.81. The number of nitrogens with one attached hydrogen (secondary N) is 1. The van der Waals surface area contributed by atoms with Crippen LogP contribution in [-0.2, 0) is 16.1 Å². The van der Waals surface area contributed by atoms with E-state index in [9.17, 15) is 22.8 Å². The molecule has 1 aliphatic rings. The number of amidine groups is 1. The van der Waals surface area contributed by atoms with Crippen LogP contribution in [-0.4, -0.2) is 34.2 Å². The number of carbonyl (C=O) groups excluding carboxylic acids is 2. The molecular weight excluding hydrogens is 391 g/mol. The van der Waals surface area contributed by atoms with Crippen LogP contribution >= 0.6 is 11.8 Å². The fraction of sp³-hybridized carbons (Fsp3) is 0.211. The van der Waals surface area contributed by atoms with Crippen LogP contribution in [0.3, 0.4) is 0 Å². The van der Waals surface area contributed by atoms with Crippen molar-refractivity contribution in [3.05, 3.63) is 65.5 Å². The molecule has 1 atom stereocenters. The van der Waals surface area contributed by atoms with Gasteiger partial charge in [0.25, 0.3) is 0 Å². The van der Waals surface area contributed by atoms with E-state index in [4.69, 9.17) is 0 Å². The van der Waals surface area contributed by atoms with Crippen molar-refractivity contribution in [1.29, 1.82) is 0 Å². The Balaban J connectivity index is 1.96. The van der Waals surface area contributed by atoms with Crippen molar-refractivity contribution in [2.75, 3.05) is 7.05 Å². The minimum absolute atomic E-state index is 0.0985. The fourth-order valence-electron chi connectivity index (χ4n) is 2.61. The molecule has 2 amide bonds. The van der Waals surface area contributed by atoms with E-state index >= 15 is 0 Å². The van der Waals surface area contributed by atoms with Crippen LogP contribution in [0.15, 0.2) is 47.5 Å². The molecule has 5 nitrogen and oxygen atoms in total. The Morgan fingerprint density at radius 1 is 1.18 bits per heavy atom. The summed E-state index contributed by atoms with van der Waals surface area (Å²) >= 11 is 0.986. The first-order chi connectivity index (χ1) is 13.4. The standard InChI is InChI=1S/C19H16F3N3O2S/c1-23-17(26)9-16-18(27)25(10-11-4-2-3-5-13(11)21)19(28-16)24-15-7-6-12(20)8-14(15)22/h2-8,16H,9-10H2,1H3,(H,23,26)/t16-/m1/s1. The van der Waals surface area contributed by atoms with Gasteiger partial charge in [-0.25, -0.2) is 18.2 Å². The molecule has 3 rings (SSSR count). The summed E-state index contributed by atoms with van der Waals surface area (Å²) in [7, 11) is 1.45. The number of benzene rings is 2. The highest BCUT2D eigenvalue weighted by Gasteiger charge is 2.39. The number of hydrogen-bond acceptors (Lipinski definition) is 4. The van der Waals surface area contributed by atoms with Gasteiger partial charge < -0.3 is 5.32 Å². The summed E-state index contributed by atoms with van der Waals surface area (Å²) in [6, 6.07) is 8.82. The number of aliphatic imine (C=N–C) groups is 1. The zero-order chi connectivity index (χ0) is 20.3. The molecule has 1 aliphatic heterocycles. The van der Waals surface area contributed by atoms with Gasteiger partial charge in [0.15, 0.2) is 11.0 Å². The second-order valence-corrected chi connectivity index (χ2v) is 7.16. The molecule has 0 saturated carbocycles. The monoisotopic (exact) mass is 407 g/mol. The molecule has 28 heavy (non-hydrogen) atoms. The van der Waals surface area contributed by atoms with Crippen molar-refractivity contribution in [3.8, 4) is 0 Å². The van der Waals surface area contributed by atoms with Crippen molar-refractivity contribution < 1.29 is 22.8 Å². The third-order valence-corrected chi connectivity index (χ3v) is 5.26. The second kappa shape index (κ2) is 8.47. The largest absolute Gasteiger partial charge is 0.359 e. The first kappa shape index (κ1) is 19.9. The van der Waals surface area contributed by atoms with Crippen LogP contribution in [0.2, 0.25) is 0 Å². The summed E-state index contributed by atoms with van der Waals surface area (Å²) in [6.45, 7) is -0.121. The molecule has 0 aliphatic carbocycles. The highest BCUT2D eigenvalue weighted by Crippen LogP contribution is 2.33. The highest BCUT2D eigenvalue weighted by atomic mass is 32.2. The molecule has 0 spiro atoms. The van der Waals surface area contributed by atoms with Crippen molar-refractivity contribution in [2.24, 2.45) is 4.99 Å². The normalized spacial score (nSPS) is 18.0. The molecule has 1 N–H and O–H groups in total. The Labute approximate surface area is 163 Å². The van der Waals surface area contributed by atoms with E-state index in [0.717, 1.165) is 23.9 Å². The number of rotatable bonds is 5.